The third-order valence-corrected chi connectivity index (χ3v) is 5.20. The monoisotopic (exact) mass is 408 g/mol. The van der Waals surface area contributed by atoms with Gasteiger partial charge in [0, 0.05) is 28.3 Å². The maximum absolute atomic E-state index is 12.8. The van der Waals surface area contributed by atoms with Crippen LogP contribution >= 0.6 is 11.6 Å². The third kappa shape index (κ3) is 4.32. The molecule has 0 saturated heterocycles. The molecule has 0 bridgehead atoms. The second-order valence-corrected chi connectivity index (χ2v) is 7.84. The lowest BCUT2D eigenvalue weighted by Crippen LogP contribution is -2.17. The van der Waals surface area contributed by atoms with Crippen molar-refractivity contribution >= 4 is 34.9 Å². The maximum Gasteiger partial charge on any atom is 0.256 e. The zero-order chi connectivity index (χ0) is 20.5. The molecule has 0 spiro atoms. The van der Waals surface area contributed by atoms with Crippen molar-refractivity contribution in [3.63, 3.8) is 0 Å². The Morgan fingerprint density at radius 1 is 1.10 bits per heavy atom. The first-order valence-corrected chi connectivity index (χ1v) is 9.83. The summed E-state index contributed by atoms with van der Waals surface area (Å²) in [6.45, 7) is 3.91. The van der Waals surface area contributed by atoms with Crippen LogP contribution in [-0.2, 0) is 4.79 Å². The topological polar surface area (TPSA) is 76.0 Å². The lowest BCUT2D eigenvalue weighted by Gasteiger charge is -2.10. The van der Waals surface area contributed by atoms with Crippen molar-refractivity contribution in [2.45, 2.75) is 20.3 Å². The summed E-state index contributed by atoms with van der Waals surface area (Å²) < 4.78 is 1.64. The zero-order valence-electron chi connectivity index (χ0n) is 16.1. The van der Waals surface area contributed by atoms with Crippen LogP contribution in [0, 0.1) is 18.8 Å². The summed E-state index contributed by atoms with van der Waals surface area (Å²) in [6, 6.07) is 15.9. The number of amides is 2. The van der Waals surface area contributed by atoms with Crippen LogP contribution < -0.4 is 10.6 Å². The van der Waals surface area contributed by atoms with Crippen molar-refractivity contribution in [2.75, 3.05) is 10.6 Å². The van der Waals surface area contributed by atoms with E-state index in [1.165, 1.54) is 0 Å². The van der Waals surface area contributed by atoms with E-state index in [-0.39, 0.29) is 17.7 Å². The summed E-state index contributed by atoms with van der Waals surface area (Å²) in [5.74, 6) is 0.754. The molecule has 1 fully saturated rings. The molecule has 148 valence electrons. The van der Waals surface area contributed by atoms with Gasteiger partial charge in [0.1, 0.15) is 5.82 Å². The van der Waals surface area contributed by atoms with E-state index in [4.69, 9.17) is 11.6 Å². The van der Waals surface area contributed by atoms with E-state index in [9.17, 15) is 9.59 Å². The van der Waals surface area contributed by atoms with Gasteiger partial charge in [-0.15, -0.1) is 0 Å². The van der Waals surface area contributed by atoms with Crippen LogP contribution in [0.25, 0.3) is 5.69 Å². The average molecular weight is 409 g/mol. The van der Waals surface area contributed by atoms with Gasteiger partial charge in [0.15, 0.2) is 0 Å². The molecule has 3 aromatic rings. The van der Waals surface area contributed by atoms with E-state index >= 15 is 0 Å². The van der Waals surface area contributed by atoms with E-state index in [0.29, 0.717) is 28.0 Å². The number of rotatable bonds is 5. The number of nitrogens with one attached hydrogen (secondary N) is 2. The molecular formula is C22H21ClN4O2. The minimum absolute atomic E-state index is 0.00437. The molecule has 2 N–H and O–H groups in total. The van der Waals surface area contributed by atoms with E-state index in [1.54, 1.807) is 47.1 Å². The van der Waals surface area contributed by atoms with E-state index in [0.717, 1.165) is 17.8 Å². The predicted octanol–water partition coefficient (Wildman–Crippen LogP) is 4.68. The first kappa shape index (κ1) is 19.2. The molecule has 2 unspecified atom stereocenters. The van der Waals surface area contributed by atoms with Crippen molar-refractivity contribution in [3.05, 3.63) is 70.9 Å². The fourth-order valence-electron chi connectivity index (χ4n) is 3.24. The number of nitrogens with zero attached hydrogens (tertiary/aromatic N) is 2. The van der Waals surface area contributed by atoms with Crippen LogP contribution in [-0.4, -0.2) is 21.6 Å². The quantitative estimate of drug-likeness (QED) is 0.643. The second-order valence-electron chi connectivity index (χ2n) is 7.41. The summed E-state index contributed by atoms with van der Waals surface area (Å²) in [5.41, 5.74) is 2.57. The molecule has 6 nitrogen and oxygen atoms in total. The molecule has 4 rings (SSSR count). The van der Waals surface area contributed by atoms with Crippen molar-refractivity contribution in [2.24, 2.45) is 11.8 Å². The van der Waals surface area contributed by atoms with E-state index in [2.05, 4.69) is 22.7 Å². The van der Waals surface area contributed by atoms with Gasteiger partial charge in [0.05, 0.1) is 11.4 Å². The van der Waals surface area contributed by atoms with Gasteiger partial charge in [-0.3, -0.25) is 9.59 Å². The third-order valence-electron chi connectivity index (χ3n) is 4.96. The molecule has 2 amide bonds. The van der Waals surface area contributed by atoms with Gasteiger partial charge < -0.3 is 10.6 Å². The molecule has 2 aromatic carbocycles. The van der Waals surface area contributed by atoms with Gasteiger partial charge >= 0.3 is 0 Å². The Kier molecular flexibility index (Phi) is 5.11. The Labute approximate surface area is 173 Å². The SMILES string of the molecule is Cc1cc(NC(=O)c2cccc(NC(=O)C3CC3C)c2)n(-c2cccc(Cl)c2)n1. The highest BCUT2D eigenvalue weighted by atomic mass is 35.5. The largest absolute Gasteiger partial charge is 0.326 e. The number of carbonyl (C=O) groups excluding carboxylic acids is 2. The number of hydrogen-bond acceptors (Lipinski definition) is 3. The predicted molar refractivity (Wildman–Crippen MR) is 114 cm³/mol. The Bertz CT molecular complexity index is 1090. The summed E-state index contributed by atoms with van der Waals surface area (Å²) in [4.78, 5) is 25.0. The van der Waals surface area contributed by atoms with Gasteiger partial charge in [0.2, 0.25) is 5.91 Å². The summed E-state index contributed by atoms with van der Waals surface area (Å²) in [5, 5.41) is 10.8. The Morgan fingerprint density at radius 2 is 1.86 bits per heavy atom. The Morgan fingerprint density at radius 3 is 2.59 bits per heavy atom. The lowest BCUT2D eigenvalue weighted by molar-refractivity contribution is -0.117. The summed E-state index contributed by atoms with van der Waals surface area (Å²) in [7, 11) is 0. The molecular weight excluding hydrogens is 388 g/mol. The van der Waals surface area contributed by atoms with Crippen LogP contribution in [0.4, 0.5) is 11.5 Å². The molecule has 2 atom stereocenters. The summed E-state index contributed by atoms with van der Waals surface area (Å²) >= 11 is 6.09. The fraction of sp³-hybridized carbons (Fsp3) is 0.227. The average Bonchev–Trinajstić information content (AvgIpc) is 3.31. The van der Waals surface area contributed by atoms with Crippen LogP contribution in [0.15, 0.2) is 54.6 Å². The minimum Gasteiger partial charge on any atom is -0.326 e. The number of aryl methyl sites for hydroxylation is 1. The highest BCUT2D eigenvalue weighted by Gasteiger charge is 2.39. The smallest absolute Gasteiger partial charge is 0.256 e. The lowest BCUT2D eigenvalue weighted by atomic mass is 10.2. The van der Waals surface area contributed by atoms with Gasteiger partial charge in [0.25, 0.3) is 5.91 Å². The van der Waals surface area contributed by atoms with Gasteiger partial charge in [-0.05, 0) is 55.7 Å². The van der Waals surface area contributed by atoms with E-state index in [1.807, 2.05) is 19.1 Å². The van der Waals surface area contributed by atoms with Gasteiger partial charge in [-0.25, -0.2) is 4.68 Å². The normalized spacial score (nSPS) is 17.6. The van der Waals surface area contributed by atoms with Crippen molar-refractivity contribution in [3.8, 4) is 5.69 Å². The molecule has 7 heteroatoms. The summed E-state index contributed by atoms with van der Waals surface area (Å²) in [6.07, 6.45) is 0.916. The van der Waals surface area contributed by atoms with E-state index < -0.39 is 0 Å². The van der Waals surface area contributed by atoms with Crippen molar-refractivity contribution < 1.29 is 9.59 Å². The highest BCUT2D eigenvalue weighted by Crippen LogP contribution is 2.38. The van der Waals surface area contributed by atoms with Gasteiger partial charge in [-0.1, -0.05) is 30.7 Å². The van der Waals surface area contributed by atoms with Crippen molar-refractivity contribution in [1.82, 2.24) is 9.78 Å². The Hall–Kier alpha value is -3.12. The number of hydrogen-bond donors (Lipinski definition) is 2. The van der Waals surface area contributed by atoms with Gasteiger partial charge in [-0.2, -0.15) is 5.10 Å². The number of benzene rings is 2. The van der Waals surface area contributed by atoms with Crippen LogP contribution in [0.3, 0.4) is 0 Å². The molecule has 0 radical (unpaired) electrons. The van der Waals surface area contributed by atoms with Crippen LogP contribution in [0.5, 0.6) is 0 Å². The first-order valence-electron chi connectivity index (χ1n) is 9.45. The molecule has 29 heavy (non-hydrogen) atoms. The fourth-order valence-corrected chi connectivity index (χ4v) is 3.43. The zero-order valence-corrected chi connectivity index (χ0v) is 16.9. The van der Waals surface area contributed by atoms with Crippen LogP contribution in [0.2, 0.25) is 5.02 Å². The highest BCUT2D eigenvalue weighted by molar-refractivity contribution is 6.30. The standard InChI is InChI=1S/C22H21ClN4O2/c1-13-9-19(13)22(29)24-17-7-3-5-15(11-17)21(28)25-20-10-14(2)26-27(20)18-8-4-6-16(23)12-18/h3-8,10-13,19H,9H2,1-2H3,(H,24,29)(H,25,28). The molecule has 1 aromatic heterocycles. The molecule has 0 aliphatic heterocycles. The number of halogens is 1. The maximum atomic E-state index is 12.8. The second kappa shape index (κ2) is 7.72. The molecule has 1 aliphatic rings. The molecule has 1 heterocycles. The van der Waals surface area contributed by atoms with Crippen molar-refractivity contribution in [1.29, 1.82) is 0 Å². The Balaban J connectivity index is 1.53. The number of aromatic nitrogens is 2. The minimum atomic E-state index is -0.288. The molecule has 1 aliphatic carbocycles. The number of anilines is 2. The molecule has 1 saturated carbocycles. The first-order chi connectivity index (χ1) is 13.9. The van der Waals surface area contributed by atoms with Crippen LogP contribution in [0.1, 0.15) is 29.4 Å². The number of carbonyl (C=O) groups is 2.